The Morgan fingerprint density at radius 2 is 2.09 bits per heavy atom. The van der Waals surface area contributed by atoms with Crippen LogP contribution < -0.4 is 4.90 Å². The molecule has 1 unspecified atom stereocenters. The molecule has 1 amide bonds. The van der Waals surface area contributed by atoms with Gasteiger partial charge < -0.3 is 14.9 Å². The minimum Gasteiger partial charge on any atom is -0.481 e. The maximum absolute atomic E-state index is 12.3. The summed E-state index contributed by atoms with van der Waals surface area (Å²) in [5.74, 6) is -1.16. The van der Waals surface area contributed by atoms with Crippen LogP contribution in [0.15, 0.2) is 24.3 Å². The molecule has 1 aromatic carbocycles. The van der Waals surface area contributed by atoms with Crippen molar-refractivity contribution in [2.75, 3.05) is 31.6 Å². The Labute approximate surface area is 133 Å². The van der Waals surface area contributed by atoms with E-state index in [0.717, 1.165) is 0 Å². The number of hydrogen-bond donors (Lipinski definition) is 1. The minimum absolute atomic E-state index is 0.0411. The van der Waals surface area contributed by atoms with Gasteiger partial charge in [-0.05, 0) is 19.4 Å². The number of carbonyl (C=O) groups is 2. The number of carboxylic acid groups (broad SMARTS) is 1. The second kappa shape index (κ2) is 6.23. The number of hydrogen-bond acceptors (Lipinski definition) is 5. The number of para-hydroxylation sites is 2. The van der Waals surface area contributed by atoms with E-state index in [1.165, 1.54) is 15.9 Å². The first kappa shape index (κ1) is 16.7. The SMILES string of the molecule is CN(CC(=O)N1CCC(C)(C(=O)O)C1)c1ccccc1[N+](=O)[O-]. The molecule has 1 fully saturated rings. The summed E-state index contributed by atoms with van der Waals surface area (Å²) in [5, 5.41) is 20.3. The standard InChI is InChI=1S/C15H19N3O5/c1-15(14(20)21)7-8-17(10-15)13(19)9-16(2)11-5-3-4-6-12(11)18(22)23/h3-6H,7-10H2,1-2H3,(H,20,21). The van der Waals surface area contributed by atoms with Crippen LogP contribution in [0.3, 0.4) is 0 Å². The Morgan fingerprint density at radius 1 is 1.43 bits per heavy atom. The number of benzene rings is 1. The molecule has 1 aliphatic heterocycles. The second-order valence-electron chi connectivity index (χ2n) is 6.03. The molecule has 23 heavy (non-hydrogen) atoms. The summed E-state index contributed by atoms with van der Waals surface area (Å²) in [6, 6.07) is 6.20. The first-order valence-corrected chi connectivity index (χ1v) is 7.20. The van der Waals surface area contributed by atoms with Gasteiger partial charge in [-0.2, -0.15) is 0 Å². The van der Waals surface area contributed by atoms with E-state index in [2.05, 4.69) is 0 Å². The molecule has 0 saturated carbocycles. The molecule has 1 aliphatic rings. The second-order valence-corrected chi connectivity index (χ2v) is 6.03. The largest absolute Gasteiger partial charge is 0.481 e. The smallest absolute Gasteiger partial charge is 0.311 e. The van der Waals surface area contributed by atoms with Crippen LogP contribution in [0.5, 0.6) is 0 Å². The Balaban J connectivity index is 2.07. The van der Waals surface area contributed by atoms with Crippen molar-refractivity contribution in [3.63, 3.8) is 0 Å². The third-order valence-corrected chi connectivity index (χ3v) is 4.20. The maximum Gasteiger partial charge on any atom is 0.311 e. The molecule has 124 valence electrons. The number of nitrogens with zero attached hydrogens (tertiary/aromatic N) is 3. The van der Waals surface area contributed by atoms with Crippen molar-refractivity contribution in [1.82, 2.24) is 4.90 Å². The molecule has 0 radical (unpaired) electrons. The summed E-state index contributed by atoms with van der Waals surface area (Å²) >= 11 is 0. The Morgan fingerprint density at radius 3 is 2.65 bits per heavy atom. The zero-order chi connectivity index (χ0) is 17.2. The van der Waals surface area contributed by atoms with E-state index < -0.39 is 16.3 Å². The number of carboxylic acids is 1. The Kier molecular flexibility index (Phi) is 4.53. The van der Waals surface area contributed by atoms with Gasteiger partial charge in [0.1, 0.15) is 5.69 Å². The van der Waals surface area contributed by atoms with Crippen molar-refractivity contribution in [3.05, 3.63) is 34.4 Å². The molecule has 1 atom stereocenters. The van der Waals surface area contributed by atoms with Gasteiger partial charge in [-0.1, -0.05) is 12.1 Å². The third-order valence-electron chi connectivity index (χ3n) is 4.20. The van der Waals surface area contributed by atoms with Crippen molar-refractivity contribution in [2.24, 2.45) is 5.41 Å². The summed E-state index contributed by atoms with van der Waals surface area (Å²) < 4.78 is 0. The van der Waals surface area contributed by atoms with Crippen molar-refractivity contribution in [2.45, 2.75) is 13.3 Å². The van der Waals surface area contributed by atoms with Crippen LogP contribution in [0.1, 0.15) is 13.3 Å². The molecule has 8 nitrogen and oxygen atoms in total. The first-order chi connectivity index (χ1) is 10.7. The summed E-state index contributed by atoms with van der Waals surface area (Å²) in [4.78, 5) is 37.1. The van der Waals surface area contributed by atoms with E-state index in [0.29, 0.717) is 18.7 Å². The van der Waals surface area contributed by atoms with Crippen LogP contribution in [0.25, 0.3) is 0 Å². The van der Waals surface area contributed by atoms with E-state index >= 15 is 0 Å². The van der Waals surface area contributed by atoms with Gasteiger partial charge in [-0.15, -0.1) is 0 Å². The highest BCUT2D eigenvalue weighted by molar-refractivity contribution is 5.84. The number of likely N-dealkylation sites (tertiary alicyclic amines) is 1. The average Bonchev–Trinajstić information content (AvgIpc) is 2.91. The molecule has 1 N–H and O–H groups in total. The van der Waals surface area contributed by atoms with Crippen molar-refractivity contribution < 1.29 is 19.6 Å². The molecule has 0 bridgehead atoms. The molecule has 8 heteroatoms. The van der Waals surface area contributed by atoms with Gasteiger partial charge in [0.2, 0.25) is 5.91 Å². The molecule has 0 aromatic heterocycles. The zero-order valence-corrected chi connectivity index (χ0v) is 13.1. The predicted octanol–water partition coefficient (Wildman–Crippen LogP) is 1.35. The van der Waals surface area contributed by atoms with Gasteiger partial charge in [-0.25, -0.2) is 0 Å². The van der Waals surface area contributed by atoms with Gasteiger partial charge >= 0.3 is 5.97 Å². The molecule has 1 saturated heterocycles. The first-order valence-electron chi connectivity index (χ1n) is 7.20. The van der Waals surface area contributed by atoms with Crippen LogP contribution in [-0.2, 0) is 9.59 Å². The molecule has 0 aliphatic carbocycles. The highest BCUT2D eigenvalue weighted by Gasteiger charge is 2.42. The van der Waals surface area contributed by atoms with Crippen LogP contribution >= 0.6 is 0 Å². The molecule has 1 aromatic rings. The molecular weight excluding hydrogens is 302 g/mol. The fraction of sp³-hybridized carbons (Fsp3) is 0.467. The lowest BCUT2D eigenvalue weighted by atomic mass is 9.90. The zero-order valence-electron chi connectivity index (χ0n) is 13.1. The topological polar surface area (TPSA) is 104 Å². The molecule has 0 spiro atoms. The normalized spacial score (nSPS) is 20.3. The predicted molar refractivity (Wildman–Crippen MR) is 83.3 cm³/mol. The van der Waals surface area contributed by atoms with Gasteiger partial charge in [0.15, 0.2) is 0 Å². The number of rotatable bonds is 5. The van der Waals surface area contributed by atoms with E-state index in [9.17, 15) is 24.8 Å². The highest BCUT2D eigenvalue weighted by Crippen LogP contribution is 2.31. The molecule has 2 rings (SSSR count). The lowest BCUT2D eigenvalue weighted by Gasteiger charge is -2.24. The lowest BCUT2D eigenvalue weighted by Crippen LogP contribution is -2.40. The Bertz CT molecular complexity index is 648. The highest BCUT2D eigenvalue weighted by atomic mass is 16.6. The number of amides is 1. The van der Waals surface area contributed by atoms with E-state index in [1.807, 2.05) is 0 Å². The van der Waals surface area contributed by atoms with E-state index in [1.54, 1.807) is 32.2 Å². The van der Waals surface area contributed by atoms with E-state index in [4.69, 9.17) is 0 Å². The van der Waals surface area contributed by atoms with Crippen LogP contribution in [-0.4, -0.2) is 53.5 Å². The van der Waals surface area contributed by atoms with Crippen LogP contribution in [0.4, 0.5) is 11.4 Å². The number of aliphatic carboxylic acids is 1. The van der Waals surface area contributed by atoms with Crippen LogP contribution in [0, 0.1) is 15.5 Å². The Hall–Kier alpha value is -2.64. The summed E-state index contributed by atoms with van der Waals surface area (Å²) in [7, 11) is 1.60. The summed E-state index contributed by atoms with van der Waals surface area (Å²) in [6.45, 7) is 2.12. The van der Waals surface area contributed by atoms with Gasteiger partial charge in [0.25, 0.3) is 5.69 Å². The number of nitro benzene ring substituents is 1. The average molecular weight is 321 g/mol. The number of anilines is 1. The summed E-state index contributed by atoms with van der Waals surface area (Å²) in [5.41, 5.74) is -0.641. The maximum atomic E-state index is 12.3. The minimum atomic E-state index is -0.924. The molecule has 1 heterocycles. The van der Waals surface area contributed by atoms with Crippen molar-refractivity contribution >= 4 is 23.3 Å². The number of likely N-dealkylation sites (N-methyl/N-ethyl adjacent to an activating group) is 1. The van der Waals surface area contributed by atoms with E-state index in [-0.39, 0.29) is 24.7 Å². The fourth-order valence-electron chi connectivity index (χ4n) is 2.68. The number of carbonyl (C=O) groups excluding carboxylic acids is 1. The van der Waals surface area contributed by atoms with Crippen molar-refractivity contribution in [3.8, 4) is 0 Å². The molecular formula is C15H19N3O5. The van der Waals surface area contributed by atoms with Gasteiger partial charge in [0.05, 0.1) is 16.9 Å². The number of nitro groups is 1. The van der Waals surface area contributed by atoms with Crippen LogP contribution in [0.2, 0.25) is 0 Å². The quantitative estimate of drug-likeness (QED) is 0.648. The van der Waals surface area contributed by atoms with Gasteiger partial charge in [-0.3, -0.25) is 19.7 Å². The third kappa shape index (κ3) is 3.41. The summed E-state index contributed by atoms with van der Waals surface area (Å²) in [6.07, 6.45) is 0.406. The monoisotopic (exact) mass is 321 g/mol. The van der Waals surface area contributed by atoms with Crippen molar-refractivity contribution in [1.29, 1.82) is 0 Å². The lowest BCUT2D eigenvalue weighted by molar-refractivity contribution is -0.384. The fourth-order valence-corrected chi connectivity index (χ4v) is 2.68. The van der Waals surface area contributed by atoms with Gasteiger partial charge in [0, 0.05) is 26.2 Å².